The highest BCUT2D eigenvalue weighted by Gasteiger charge is 2.15. The van der Waals surface area contributed by atoms with Crippen molar-refractivity contribution in [3.8, 4) is 5.30 Å². The first-order chi connectivity index (χ1) is 9.36. The molecule has 0 radical (unpaired) electrons. The number of hydrogen-bond acceptors (Lipinski definition) is 0. The van der Waals surface area contributed by atoms with Crippen LogP contribution in [0.1, 0.15) is 24.7 Å². The van der Waals surface area contributed by atoms with Gasteiger partial charge >= 0.3 is 0 Å². The second-order valence-electron chi connectivity index (χ2n) is 4.82. The van der Waals surface area contributed by atoms with Gasteiger partial charge in [-0.15, -0.1) is 0 Å². The summed E-state index contributed by atoms with van der Waals surface area (Å²) in [5.41, 5.74) is 1.59. The Morgan fingerprint density at radius 3 is 2.16 bits per heavy atom. The van der Waals surface area contributed by atoms with Crippen molar-refractivity contribution in [3.05, 3.63) is 65.5 Å². The van der Waals surface area contributed by atoms with E-state index >= 15 is 0 Å². The average molecular weight is 266 g/mol. The van der Waals surface area contributed by atoms with E-state index in [9.17, 15) is 0 Å². The molecule has 0 spiro atoms. The lowest BCUT2D eigenvalue weighted by Gasteiger charge is -2.06. The molecule has 1 heteroatoms. The maximum absolute atomic E-state index is 2.33. The minimum atomic E-state index is -0.285. The van der Waals surface area contributed by atoms with Gasteiger partial charge < -0.3 is 0 Å². The number of hydrogen-bond donors (Lipinski definition) is 0. The van der Waals surface area contributed by atoms with Gasteiger partial charge in [-0.3, -0.25) is 0 Å². The Morgan fingerprint density at radius 2 is 1.47 bits per heavy atom. The molecule has 1 unspecified atom stereocenters. The monoisotopic (exact) mass is 266 g/mol. The van der Waals surface area contributed by atoms with Gasteiger partial charge in [0.2, 0.25) is 0 Å². The summed E-state index contributed by atoms with van der Waals surface area (Å²) in [5.74, 6) is 0. The van der Waals surface area contributed by atoms with E-state index in [-0.39, 0.29) is 7.53 Å². The van der Waals surface area contributed by atoms with E-state index in [2.05, 4.69) is 68.4 Å². The zero-order valence-corrected chi connectivity index (χ0v) is 12.5. The van der Waals surface area contributed by atoms with Crippen molar-refractivity contribution in [2.75, 3.05) is 0 Å². The summed E-state index contributed by atoms with van der Waals surface area (Å²) in [7, 11) is -0.285. The molecule has 0 nitrogen and oxygen atoms in total. The lowest BCUT2D eigenvalue weighted by Crippen LogP contribution is -1.84. The normalized spacial score (nSPS) is 12.0. The quantitative estimate of drug-likeness (QED) is 0.550. The topological polar surface area (TPSA) is 0 Å². The molecule has 19 heavy (non-hydrogen) atoms. The van der Waals surface area contributed by atoms with Gasteiger partial charge in [0.1, 0.15) is 0 Å². The Hall–Kier alpha value is -1.52. The summed E-state index contributed by atoms with van der Waals surface area (Å²) in [6.45, 7) is 4.58. The van der Waals surface area contributed by atoms with Crippen molar-refractivity contribution < 1.29 is 0 Å². The lowest BCUT2D eigenvalue weighted by atomic mass is 10.1. The third-order valence-corrected chi connectivity index (χ3v) is 6.60. The van der Waals surface area contributed by atoms with Gasteiger partial charge in [-0.2, -0.15) is 0 Å². The van der Waals surface area contributed by atoms with Crippen LogP contribution >= 0.6 is 7.53 Å². The smallest absolute Gasteiger partial charge is 0.00618 e. The largest absolute Gasteiger partial charge is 0.0817 e. The summed E-state index contributed by atoms with van der Waals surface area (Å²) < 4.78 is 0. The van der Waals surface area contributed by atoms with E-state index in [4.69, 9.17) is 0 Å². The highest BCUT2D eigenvalue weighted by Crippen LogP contribution is 2.53. The van der Waals surface area contributed by atoms with Gasteiger partial charge in [-0.25, -0.2) is 0 Å². The van der Waals surface area contributed by atoms with Crippen LogP contribution in [0.2, 0.25) is 0 Å². The number of benzene rings is 2. The SMILES string of the molecule is CCc1c(CC)p(-c2ccccc2)c2ccccc12. The molecule has 0 amide bonds. The summed E-state index contributed by atoms with van der Waals surface area (Å²) in [6.07, 6.45) is 2.31. The Kier molecular flexibility index (Phi) is 3.44. The van der Waals surface area contributed by atoms with E-state index in [1.54, 1.807) is 16.0 Å². The van der Waals surface area contributed by atoms with E-state index in [0.29, 0.717) is 0 Å². The second-order valence-corrected chi connectivity index (χ2v) is 7.03. The molecule has 0 bridgehead atoms. The average Bonchev–Trinajstić information content (AvgIpc) is 2.81. The van der Waals surface area contributed by atoms with Gasteiger partial charge in [0.25, 0.3) is 0 Å². The zero-order chi connectivity index (χ0) is 13.2. The fourth-order valence-corrected chi connectivity index (χ4v) is 5.90. The van der Waals surface area contributed by atoms with Crippen molar-refractivity contribution in [1.82, 2.24) is 0 Å². The van der Waals surface area contributed by atoms with Crippen LogP contribution in [0.5, 0.6) is 0 Å². The molecule has 3 aromatic rings. The first-order valence-corrected chi connectivity index (χ1v) is 8.37. The van der Waals surface area contributed by atoms with Gasteiger partial charge in [0, 0.05) is 5.12 Å². The van der Waals surface area contributed by atoms with Crippen molar-refractivity contribution >= 4 is 18.0 Å². The van der Waals surface area contributed by atoms with Gasteiger partial charge in [0.05, 0.1) is 0 Å². The standard InChI is InChI=1S/C18H19P/c1-3-15-16-12-8-9-13-18(16)19(17(15)4-2)14-10-6-5-7-11-14/h5-13H,3-4H2,1-2H3. The lowest BCUT2D eigenvalue weighted by molar-refractivity contribution is 1.08. The Morgan fingerprint density at radius 1 is 0.789 bits per heavy atom. The fraction of sp³-hybridized carbons (Fsp3) is 0.222. The number of aryl methyl sites for hydroxylation is 1. The van der Waals surface area contributed by atoms with Crippen LogP contribution in [0.25, 0.3) is 15.8 Å². The first-order valence-electron chi connectivity index (χ1n) is 7.03. The van der Waals surface area contributed by atoms with Crippen LogP contribution in [0.3, 0.4) is 0 Å². The van der Waals surface area contributed by atoms with Gasteiger partial charge in [0.15, 0.2) is 0 Å². The predicted molar refractivity (Wildman–Crippen MR) is 86.7 cm³/mol. The van der Waals surface area contributed by atoms with E-state index in [1.807, 2.05) is 0 Å². The first kappa shape index (κ1) is 12.5. The fourth-order valence-electron chi connectivity index (χ4n) is 3.00. The zero-order valence-electron chi connectivity index (χ0n) is 11.6. The molecule has 1 atom stereocenters. The predicted octanol–water partition coefficient (Wildman–Crippen LogP) is 5.94. The third-order valence-electron chi connectivity index (χ3n) is 3.79. The molecule has 0 aliphatic rings. The molecule has 0 saturated carbocycles. The molecule has 3 rings (SSSR count). The molecular formula is C18H19P. The van der Waals surface area contributed by atoms with Crippen LogP contribution in [0.15, 0.2) is 54.6 Å². The van der Waals surface area contributed by atoms with E-state index in [0.717, 1.165) is 6.42 Å². The summed E-state index contributed by atoms with van der Waals surface area (Å²) in [6, 6.07) is 20.0. The van der Waals surface area contributed by atoms with Crippen molar-refractivity contribution in [2.45, 2.75) is 26.7 Å². The van der Waals surface area contributed by atoms with Crippen molar-refractivity contribution in [3.63, 3.8) is 0 Å². The van der Waals surface area contributed by atoms with Crippen LogP contribution in [-0.2, 0) is 12.8 Å². The molecule has 0 aliphatic carbocycles. The van der Waals surface area contributed by atoms with E-state index < -0.39 is 0 Å². The molecule has 0 fully saturated rings. The summed E-state index contributed by atoms with van der Waals surface area (Å²) in [4.78, 5) is 0. The van der Waals surface area contributed by atoms with Crippen LogP contribution in [0, 0.1) is 0 Å². The van der Waals surface area contributed by atoms with Crippen molar-refractivity contribution in [2.24, 2.45) is 0 Å². The van der Waals surface area contributed by atoms with Gasteiger partial charge in [-0.1, -0.05) is 76.0 Å². The van der Waals surface area contributed by atoms with Crippen LogP contribution in [-0.4, -0.2) is 0 Å². The number of fused-ring (bicyclic) bond motifs is 1. The molecule has 1 aromatic heterocycles. The molecule has 2 aromatic carbocycles. The maximum atomic E-state index is 2.33. The highest BCUT2D eigenvalue weighted by atomic mass is 31.1. The summed E-state index contributed by atoms with van der Waals surface area (Å²) >= 11 is 0. The second kappa shape index (κ2) is 5.23. The maximum Gasteiger partial charge on any atom is 0.00618 e. The third kappa shape index (κ3) is 2.01. The Labute approximate surface area is 116 Å². The van der Waals surface area contributed by atoms with Crippen molar-refractivity contribution in [1.29, 1.82) is 0 Å². The molecule has 96 valence electrons. The van der Waals surface area contributed by atoms with E-state index in [1.165, 1.54) is 17.1 Å². The minimum absolute atomic E-state index is 0.285. The number of rotatable bonds is 3. The highest BCUT2D eigenvalue weighted by molar-refractivity contribution is 7.63. The summed E-state index contributed by atoms with van der Waals surface area (Å²) in [5, 5.41) is 6.21. The Balaban J connectivity index is 2.40. The van der Waals surface area contributed by atoms with Crippen LogP contribution in [0.4, 0.5) is 0 Å². The molecular weight excluding hydrogens is 247 g/mol. The minimum Gasteiger partial charge on any atom is -0.0817 e. The molecule has 0 aliphatic heterocycles. The molecule has 0 N–H and O–H groups in total. The Bertz CT molecular complexity index is 692. The molecule has 0 saturated heterocycles. The van der Waals surface area contributed by atoms with Crippen LogP contribution < -0.4 is 0 Å². The molecule has 1 heterocycles. The van der Waals surface area contributed by atoms with Gasteiger partial charge in [-0.05, 0) is 34.4 Å².